The average Bonchev–Trinajstić information content (AvgIpc) is 2.96. The number of ether oxygens (including phenoxy) is 2. The van der Waals surface area contributed by atoms with Gasteiger partial charge in [0.25, 0.3) is 5.91 Å². The molecule has 1 aliphatic rings. The van der Waals surface area contributed by atoms with Crippen LogP contribution in [0.15, 0.2) is 30.5 Å². The van der Waals surface area contributed by atoms with Gasteiger partial charge in [0.15, 0.2) is 0 Å². The lowest BCUT2D eigenvalue weighted by Crippen LogP contribution is -2.35. The highest BCUT2D eigenvalue weighted by Gasteiger charge is 2.28. The number of likely N-dealkylation sites (N-methyl/N-ethyl adjacent to an activating group) is 1. The zero-order valence-electron chi connectivity index (χ0n) is 23.1. The number of benzene rings is 1. The Morgan fingerprint density at radius 1 is 1.27 bits per heavy atom. The number of carbonyl (C=O) groups is 2. The molecule has 10 nitrogen and oxygen atoms in total. The van der Waals surface area contributed by atoms with Crippen molar-refractivity contribution in [2.45, 2.75) is 59.4 Å². The standard InChI is InChI=1S/C27H40N6O4/c1-8-28-25-29-17-22-23(30-25)31(6)14-15-33(24(22)34)21-11-9-10-20(16-21)18-36-19(2)12-13-32(7)26(35)37-27(3,4)5/h9-11,16-17,19H,8,12-15,18H2,1-7H3,(H,28,29,30). The maximum atomic E-state index is 13.4. The smallest absolute Gasteiger partial charge is 0.410 e. The maximum Gasteiger partial charge on any atom is 0.410 e. The molecule has 1 aromatic heterocycles. The number of carbonyl (C=O) groups excluding carboxylic acids is 2. The second kappa shape index (κ2) is 12.2. The minimum Gasteiger partial charge on any atom is -0.444 e. The number of hydrogen-bond donors (Lipinski definition) is 1. The van der Waals surface area contributed by atoms with E-state index in [-0.39, 0.29) is 18.1 Å². The minimum absolute atomic E-state index is 0.0584. The summed E-state index contributed by atoms with van der Waals surface area (Å²) in [6.45, 7) is 12.3. The second-order valence-electron chi connectivity index (χ2n) is 10.3. The molecule has 0 radical (unpaired) electrons. The quantitative estimate of drug-likeness (QED) is 0.535. The molecule has 0 bridgehead atoms. The van der Waals surface area contributed by atoms with Crippen LogP contribution in [0.1, 0.15) is 57.0 Å². The van der Waals surface area contributed by atoms with Gasteiger partial charge in [0.2, 0.25) is 5.95 Å². The van der Waals surface area contributed by atoms with E-state index in [9.17, 15) is 9.59 Å². The first-order valence-corrected chi connectivity index (χ1v) is 12.8. The van der Waals surface area contributed by atoms with Crippen molar-refractivity contribution < 1.29 is 19.1 Å². The van der Waals surface area contributed by atoms with E-state index < -0.39 is 5.60 Å². The second-order valence-corrected chi connectivity index (χ2v) is 10.3. The minimum atomic E-state index is -0.521. The summed E-state index contributed by atoms with van der Waals surface area (Å²) < 4.78 is 11.4. The van der Waals surface area contributed by atoms with Crippen molar-refractivity contribution in [2.75, 3.05) is 55.4 Å². The molecule has 10 heteroatoms. The van der Waals surface area contributed by atoms with Crippen LogP contribution in [0, 0.1) is 0 Å². The molecule has 0 saturated carbocycles. The first-order chi connectivity index (χ1) is 17.5. The van der Waals surface area contributed by atoms with Gasteiger partial charge in [-0.1, -0.05) is 12.1 Å². The topological polar surface area (TPSA) is 100 Å². The molecular weight excluding hydrogens is 472 g/mol. The fraction of sp³-hybridized carbons (Fsp3) is 0.556. The molecule has 1 unspecified atom stereocenters. The number of nitrogens with zero attached hydrogens (tertiary/aromatic N) is 5. The molecule has 0 saturated heterocycles. The monoisotopic (exact) mass is 512 g/mol. The number of anilines is 3. The third-order valence-corrected chi connectivity index (χ3v) is 5.93. The molecule has 1 N–H and O–H groups in total. The van der Waals surface area contributed by atoms with E-state index in [1.54, 1.807) is 23.0 Å². The van der Waals surface area contributed by atoms with Gasteiger partial charge in [-0.2, -0.15) is 4.98 Å². The molecule has 202 valence electrons. The van der Waals surface area contributed by atoms with Crippen molar-refractivity contribution in [2.24, 2.45) is 0 Å². The zero-order chi connectivity index (χ0) is 27.2. The van der Waals surface area contributed by atoms with Gasteiger partial charge in [0.05, 0.1) is 12.7 Å². The summed E-state index contributed by atoms with van der Waals surface area (Å²) in [5.74, 6) is 1.02. The number of hydrogen-bond acceptors (Lipinski definition) is 8. The Bertz CT molecular complexity index is 1090. The van der Waals surface area contributed by atoms with E-state index in [4.69, 9.17) is 9.47 Å². The molecule has 0 spiro atoms. The van der Waals surface area contributed by atoms with Crippen molar-refractivity contribution >= 4 is 29.5 Å². The van der Waals surface area contributed by atoms with Gasteiger partial charge < -0.3 is 29.5 Å². The maximum absolute atomic E-state index is 13.4. The van der Waals surface area contributed by atoms with Crippen LogP contribution in [0.4, 0.5) is 22.2 Å². The van der Waals surface area contributed by atoms with Crippen LogP contribution in [0.3, 0.4) is 0 Å². The Labute approximate surface area is 220 Å². The Kier molecular flexibility index (Phi) is 9.31. The molecule has 2 heterocycles. The van der Waals surface area contributed by atoms with Crippen LogP contribution < -0.4 is 15.1 Å². The number of aromatic nitrogens is 2. The molecule has 1 aliphatic heterocycles. The predicted molar refractivity (Wildman–Crippen MR) is 145 cm³/mol. The SMILES string of the molecule is CCNc1ncc2c(n1)N(C)CCN(c1cccc(COC(C)CCN(C)C(=O)OC(C)(C)C)c1)C2=O. The molecule has 1 aromatic carbocycles. The molecule has 37 heavy (non-hydrogen) atoms. The zero-order valence-corrected chi connectivity index (χ0v) is 23.1. The highest BCUT2D eigenvalue weighted by Crippen LogP contribution is 2.27. The van der Waals surface area contributed by atoms with Gasteiger partial charge in [-0.3, -0.25) is 4.79 Å². The molecule has 2 aromatic rings. The molecule has 1 atom stereocenters. The summed E-state index contributed by atoms with van der Waals surface area (Å²) in [6.07, 6.45) is 1.88. The van der Waals surface area contributed by atoms with Gasteiger partial charge in [-0.15, -0.1) is 0 Å². The first kappa shape index (κ1) is 28.2. The number of amides is 2. The van der Waals surface area contributed by atoms with Crippen molar-refractivity contribution in [1.29, 1.82) is 0 Å². The lowest BCUT2D eigenvalue weighted by molar-refractivity contribution is 0.0193. The fourth-order valence-corrected chi connectivity index (χ4v) is 3.85. The van der Waals surface area contributed by atoms with Crippen LogP contribution in [-0.2, 0) is 16.1 Å². The Morgan fingerprint density at radius 3 is 2.73 bits per heavy atom. The van der Waals surface area contributed by atoms with Gasteiger partial charge in [0, 0.05) is 52.2 Å². The van der Waals surface area contributed by atoms with E-state index in [0.717, 1.165) is 11.3 Å². The summed E-state index contributed by atoms with van der Waals surface area (Å²) in [5.41, 5.74) is 1.73. The predicted octanol–water partition coefficient (Wildman–Crippen LogP) is 4.17. The third kappa shape index (κ3) is 7.79. The van der Waals surface area contributed by atoms with Gasteiger partial charge >= 0.3 is 6.09 Å². The highest BCUT2D eigenvalue weighted by molar-refractivity contribution is 6.09. The summed E-state index contributed by atoms with van der Waals surface area (Å²) in [6, 6.07) is 7.83. The molecule has 0 fully saturated rings. The van der Waals surface area contributed by atoms with E-state index in [2.05, 4.69) is 15.3 Å². The van der Waals surface area contributed by atoms with Crippen LogP contribution in [-0.4, -0.2) is 78.8 Å². The summed E-state index contributed by atoms with van der Waals surface area (Å²) in [5, 5.41) is 3.10. The third-order valence-electron chi connectivity index (χ3n) is 5.93. The van der Waals surface area contributed by atoms with Crippen molar-refractivity contribution in [3.8, 4) is 0 Å². The number of rotatable bonds is 9. The Hall–Kier alpha value is -3.40. The van der Waals surface area contributed by atoms with Gasteiger partial charge in [-0.05, 0) is 58.7 Å². The molecule has 0 aliphatic carbocycles. The molecule has 2 amide bonds. The summed E-state index contributed by atoms with van der Waals surface area (Å²) in [4.78, 5) is 39.8. The number of nitrogens with one attached hydrogen (secondary N) is 1. The summed E-state index contributed by atoms with van der Waals surface area (Å²) in [7, 11) is 3.66. The van der Waals surface area contributed by atoms with E-state index in [1.807, 2.05) is 70.8 Å². The van der Waals surface area contributed by atoms with Gasteiger partial charge in [0.1, 0.15) is 17.0 Å². The number of fused-ring (bicyclic) bond motifs is 1. The van der Waals surface area contributed by atoms with Crippen molar-refractivity contribution in [1.82, 2.24) is 14.9 Å². The highest BCUT2D eigenvalue weighted by atomic mass is 16.6. The Morgan fingerprint density at radius 2 is 2.03 bits per heavy atom. The van der Waals surface area contributed by atoms with Gasteiger partial charge in [-0.25, -0.2) is 9.78 Å². The van der Waals surface area contributed by atoms with Crippen LogP contribution in [0.25, 0.3) is 0 Å². The van der Waals surface area contributed by atoms with Crippen LogP contribution >= 0.6 is 0 Å². The van der Waals surface area contributed by atoms with E-state index in [0.29, 0.717) is 56.5 Å². The summed E-state index contributed by atoms with van der Waals surface area (Å²) >= 11 is 0. The lowest BCUT2D eigenvalue weighted by atomic mass is 10.1. The van der Waals surface area contributed by atoms with E-state index >= 15 is 0 Å². The molecule has 3 rings (SSSR count). The Balaban J connectivity index is 1.61. The van der Waals surface area contributed by atoms with Crippen molar-refractivity contribution in [3.63, 3.8) is 0 Å². The van der Waals surface area contributed by atoms with Crippen molar-refractivity contribution in [3.05, 3.63) is 41.6 Å². The van der Waals surface area contributed by atoms with Crippen LogP contribution in [0.2, 0.25) is 0 Å². The normalized spacial score (nSPS) is 14.6. The largest absolute Gasteiger partial charge is 0.444 e. The first-order valence-electron chi connectivity index (χ1n) is 12.8. The fourth-order valence-electron chi connectivity index (χ4n) is 3.85. The van der Waals surface area contributed by atoms with E-state index in [1.165, 1.54) is 0 Å². The lowest BCUT2D eigenvalue weighted by Gasteiger charge is -2.25. The molecular formula is C27H40N6O4. The van der Waals surface area contributed by atoms with Crippen LogP contribution in [0.5, 0.6) is 0 Å². The average molecular weight is 513 g/mol.